The van der Waals surface area contributed by atoms with E-state index in [4.69, 9.17) is 29.9 Å². The van der Waals surface area contributed by atoms with Gasteiger partial charge < -0.3 is 0 Å². The topological polar surface area (TPSA) is 77.3 Å². The molecule has 0 saturated carbocycles. The molecule has 5 aromatic carbocycles. The van der Waals surface area contributed by atoms with Gasteiger partial charge in [-0.15, -0.1) is 0 Å². The molecule has 242 valence electrons. The molecule has 0 radical (unpaired) electrons. The lowest BCUT2D eigenvalue weighted by Crippen LogP contribution is -2.00. The van der Waals surface area contributed by atoms with Gasteiger partial charge in [-0.25, -0.2) is 29.9 Å². The van der Waals surface area contributed by atoms with E-state index in [-0.39, 0.29) is 0 Å². The highest BCUT2D eigenvalue weighted by Crippen LogP contribution is 2.46. The van der Waals surface area contributed by atoms with Crippen LogP contribution in [0.15, 0.2) is 170 Å². The molecule has 0 spiro atoms. The predicted molar refractivity (Wildman–Crippen MR) is 208 cm³/mol. The molecule has 0 aliphatic heterocycles. The number of nitrogens with zero attached hydrogens (tertiary/aromatic N) is 6. The van der Waals surface area contributed by atoms with E-state index in [0.29, 0.717) is 17.3 Å². The Balaban J connectivity index is 1.21. The summed E-state index contributed by atoms with van der Waals surface area (Å²) in [6.07, 6.45) is 0. The van der Waals surface area contributed by atoms with Gasteiger partial charge in [-0.3, -0.25) is 0 Å². The Morgan fingerprint density at radius 3 is 0.904 bits per heavy atom. The van der Waals surface area contributed by atoms with Crippen LogP contribution < -0.4 is 0 Å². The van der Waals surface area contributed by atoms with E-state index in [9.17, 15) is 0 Å². The molecular weight excluding hydrogens is 637 g/mol. The summed E-state index contributed by atoms with van der Waals surface area (Å²) in [6, 6.07) is 57.5. The first kappa shape index (κ1) is 29.7. The molecule has 1 aliphatic carbocycles. The van der Waals surface area contributed by atoms with E-state index >= 15 is 0 Å². The minimum atomic E-state index is 0.580. The van der Waals surface area contributed by atoms with Crippen LogP contribution in [-0.2, 0) is 0 Å². The second-order valence-electron chi connectivity index (χ2n) is 12.8. The van der Waals surface area contributed by atoms with Crippen molar-refractivity contribution in [3.63, 3.8) is 0 Å². The molecule has 4 heterocycles. The average molecular weight is 665 g/mol. The summed E-state index contributed by atoms with van der Waals surface area (Å²) in [5.41, 5.74) is 13.5. The standard InChI is InChI=1S/C46H28N6/c1-5-15-29(16-6-1)37-25-33(26-38(47-37)30-17-7-2-8-18-30)44-49-42-35-23-13-14-24-36(35)43-41(42)46(51-44)52-45(50-43)34-27-39(31-19-9-3-10-20-31)48-40(28-34)32-21-11-4-12-22-32/h1-28H. The maximum atomic E-state index is 5.23. The molecule has 0 fully saturated rings. The van der Waals surface area contributed by atoms with Gasteiger partial charge in [0.1, 0.15) is 0 Å². The zero-order valence-electron chi connectivity index (χ0n) is 27.8. The van der Waals surface area contributed by atoms with E-state index in [0.717, 1.165) is 84.1 Å². The highest BCUT2D eigenvalue weighted by atomic mass is 15.0. The van der Waals surface area contributed by atoms with Gasteiger partial charge in [0.05, 0.1) is 39.5 Å². The van der Waals surface area contributed by atoms with E-state index in [2.05, 4.69) is 84.9 Å². The Kier molecular flexibility index (Phi) is 7.03. The van der Waals surface area contributed by atoms with E-state index in [1.807, 2.05) is 84.9 Å². The fourth-order valence-corrected chi connectivity index (χ4v) is 6.93. The first-order chi connectivity index (χ1) is 25.7. The zero-order valence-corrected chi connectivity index (χ0v) is 27.8. The molecule has 6 heteroatoms. The van der Waals surface area contributed by atoms with Crippen molar-refractivity contribution in [3.8, 4) is 90.3 Å². The van der Waals surface area contributed by atoms with E-state index in [1.54, 1.807) is 0 Å². The lowest BCUT2D eigenvalue weighted by Gasteiger charge is -2.12. The lowest BCUT2D eigenvalue weighted by molar-refractivity contribution is 1.16. The van der Waals surface area contributed by atoms with Crippen LogP contribution in [0.4, 0.5) is 0 Å². The Bertz CT molecular complexity index is 2470. The van der Waals surface area contributed by atoms with Crippen molar-refractivity contribution in [2.45, 2.75) is 0 Å². The minimum Gasteiger partial charge on any atom is -0.248 e. The number of benzene rings is 5. The molecule has 0 N–H and O–H groups in total. The van der Waals surface area contributed by atoms with Gasteiger partial charge in [-0.05, 0) is 24.3 Å². The van der Waals surface area contributed by atoms with Crippen LogP contribution in [0.5, 0.6) is 0 Å². The van der Waals surface area contributed by atoms with Crippen LogP contribution in [0.3, 0.4) is 0 Å². The monoisotopic (exact) mass is 664 g/mol. The summed E-state index contributed by atoms with van der Waals surface area (Å²) >= 11 is 0. The van der Waals surface area contributed by atoms with E-state index in [1.165, 1.54) is 0 Å². The number of aromatic nitrogens is 6. The molecule has 0 saturated heterocycles. The third-order valence-electron chi connectivity index (χ3n) is 9.44. The van der Waals surface area contributed by atoms with Crippen molar-refractivity contribution in [2.75, 3.05) is 0 Å². The highest BCUT2D eigenvalue weighted by molar-refractivity contribution is 6.11. The molecule has 0 bridgehead atoms. The van der Waals surface area contributed by atoms with Gasteiger partial charge >= 0.3 is 0 Å². The van der Waals surface area contributed by atoms with Crippen molar-refractivity contribution < 1.29 is 0 Å². The van der Waals surface area contributed by atoms with Crippen LogP contribution >= 0.6 is 0 Å². The predicted octanol–water partition coefficient (Wildman–Crippen LogP) is 10.9. The Morgan fingerprint density at radius 1 is 0.269 bits per heavy atom. The largest absolute Gasteiger partial charge is 0.248 e. The van der Waals surface area contributed by atoms with Crippen LogP contribution in [0.1, 0.15) is 0 Å². The summed E-state index contributed by atoms with van der Waals surface area (Å²) < 4.78 is 0. The quantitative estimate of drug-likeness (QED) is 0.176. The Labute approximate surface area is 300 Å². The number of fused-ring (bicyclic) bond motifs is 3. The van der Waals surface area contributed by atoms with Crippen LogP contribution in [0.2, 0.25) is 0 Å². The molecule has 10 rings (SSSR count). The fourth-order valence-electron chi connectivity index (χ4n) is 6.93. The third kappa shape index (κ3) is 5.22. The molecule has 1 aliphatic rings. The van der Waals surface area contributed by atoms with Crippen molar-refractivity contribution in [1.29, 1.82) is 0 Å². The third-order valence-corrected chi connectivity index (χ3v) is 9.44. The maximum Gasteiger partial charge on any atom is 0.168 e. The Morgan fingerprint density at radius 2 is 0.577 bits per heavy atom. The van der Waals surface area contributed by atoms with Gasteiger partial charge in [0.15, 0.2) is 17.3 Å². The summed E-state index contributed by atoms with van der Waals surface area (Å²) in [5.74, 6) is 1.16. The van der Waals surface area contributed by atoms with Crippen LogP contribution in [0, 0.1) is 0 Å². The first-order valence-corrected chi connectivity index (χ1v) is 17.2. The molecule has 9 aromatic rings. The molecule has 4 aromatic heterocycles. The molecular formula is C46H28N6. The van der Waals surface area contributed by atoms with Gasteiger partial charge in [0, 0.05) is 44.5 Å². The van der Waals surface area contributed by atoms with Crippen molar-refractivity contribution in [1.82, 2.24) is 29.9 Å². The number of pyridine rings is 2. The number of hydrogen-bond donors (Lipinski definition) is 0. The fraction of sp³-hybridized carbons (Fsp3) is 0. The minimum absolute atomic E-state index is 0.580. The number of hydrogen-bond acceptors (Lipinski definition) is 6. The van der Waals surface area contributed by atoms with Crippen LogP contribution in [0.25, 0.3) is 101 Å². The molecule has 0 unspecified atom stereocenters. The summed E-state index contributed by atoms with van der Waals surface area (Å²) in [5, 5.41) is 0.856. The van der Waals surface area contributed by atoms with Crippen molar-refractivity contribution in [2.24, 2.45) is 0 Å². The molecule has 0 amide bonds. The molecule has 52 heavy (non-hydrogen) atoms. The smallest absolute Gasteiger partial charge is 0.168 e. The van der Waals surface area contributed by atoms with Gasteiger partial charge in [-0.1, -0.05) is 146 Å². The van der Waals surface area contributed by atoms with E-state index < -0.39 is 0 Å². The number of rotatable bonds is 6. The summed E-state index contributed by atoms with van der Waals surface area (Å²) in [6.45, 7) is 0. The second kappa shape index (κ2) is 12.3. The SMILES string of the molecule is c1ccc(-c2cc(-c3nc4c5c(nc(-c6cc(-c7ccccc7)nc(-c7ccccc7)c6)nc5n3)-c3ccccc3-4)cc(-c3ccccc3)n2)cc1. The van der Waals surface area contributed by atoms with Crippen LogP contribution in [-0.4, -0.2) is 29.9 Å². The highest BCUT2D eigenvalue weighted by Gasteiger charge is 2.28. The molecule has 0 atom stereocenters. The van der Waals surface area contributed by atoms with Gasteiger partial charge in [0.2, 0.25) is 0 Å². The maximum absolute atomic E-state index is 5.23. The summed E-state index contributed by atoms with van der Waals surface area (Å²) in [4.78, 5) is 31.0. The van der Waals surface area contributed by atoms with Crippen molar-refractivity contribution >= 4 is 11.0 Å². The Hall–Kier alpha value is -7.18. The average Bonchev–Trinajstić information content (AvgIpc) is 3.55. The lowest BCUT2D eigenvalue weighted by atomic mass is 10.0. The van der Waals surface area contributed by atoms with Gasteiger partial charge in [-0.2, -0.15) is 0 Å². The normalized spacial score (nSPS) is 11.5. The zero-order chi connectivity index (χ0) is 34.4. The first-order valence-electron chi connectivity index (χ1n) is 17.2. The second-order valence-corrected chi connectivity index (χ2v) is 12.8. The summed E-state index contributed by atoms with van der Waals surface area (Å²) in [7, 11) is 0. The van der Waals surface area contributed by atoms with Crippen molar-refractivity contribution in [3.05, 3.63) is 170 Å². The molecule has 6 nitrogen and oxygen atoms in total. The van der Waals surface area contributed by atoms with Gasteiger partial charge in [0.25, 0.3) is 0 Å².